The number of benzene rings is 2. The average Bonchev–Trinajstić information content (AvgIpc) is 2.49. The Kier molecular flexibility index (Phi) is 3.60. The van der Waals surface area contributed by atoms with Crippen LogP contribution in [0.1, 0.15) is 5.56 Å². The van der Waals surface area contributed by atoms with E-state index in [1.54, 1.807) is 18.2 Å². The maximum absolute atomic E-state index is 13.6. The average molecular weight is 295 g/mol. The summed E-state index contributed by atoms with van der Waals surface area (Å²) >= 11 is 0. The van der Waals surface area contributed by atoms with Crippen molar-refractivity contribution in [1.82, 2.24) is 0 Å². The van der Waals surface area contributed by atoms with Crippen LogP contribution in [-0.4, -0.2) is 13.2 Å². The van der Waals surface area contributed by atoms with E-state index in [2.05, 4.69) is 5.32 Å². The molecule has 0 atom stereocenters. The van der Waals surface area contributed by atoms with E-state index in [0.29, 0.717) is 30.8 Å². The van der Waals surface area contributed by atoms with Gasteiger partial charge in [-0.15, -0.1) is 0 Å². The molecule has 0 aliphatic carbocycles. The summed E-state index contributed by atoms with van der Waals surface area (Å²) in [7, 11) is 0. The van der Waals surface area contributed by atoms with Crippen molar-refractivity contribution < 1.29 is 22.6 Å². The Labute approximate surface area is 119 Å². The van der Waals surface area contributed by atoms with Crippen molar-refractivity contribution in [2.75, 3.05) is 18.5 Å². The monoisotopic (exact) mass is 295 g/mol. The lowest BCUT2D eigenvalue weighted by atomic mass is 10.1. The summed E-state index contributed by atoms with van der Waals surface area (Å²) in [6.07, 6.45) is 0. The second-order valence-electron chi connectivity index (χ2n) is 4.54. The number of fused-ring (bicyclic) bond motifs is 1. The summed E-state index contributed by atoms with van der Waals surface area (Å²) < 4.78 is 50.8. The van der Waals surface area contributed by atoms with Crippen molar-refractivity contribution >= 4 is 5.69 Å². The first-order chi connectivity index (χ1) is 10.1. The van der Waals surface area contributed by atoms with E-state index in [0.717, 1.165) is 11.6 Å². The van der Waals surface area contributed by atoms with E-state index in [1.165, 1.54) is 0 Å². The van der Waals surface area contributed by atoms with Gasteiger partial charge in [0.1, 0.15) is 19.0 Å². The Hall–Kier alpha value is -2.37. The van der Waals surface area contributed by atoms with Crippen LogP contribution in [-0.2, 0) is 6.54 Å². The summed E-state index contributed by atoms with van der Waals surface area (Å²) in [6.45, 7) is 1.05. The largest absolute Gasteiger partial charge is 0.486 e. The van der Waals surface area contributed by atoms with Crippen LogP contribution >= 0.6 is 0 Å². The number of hydrogen-bond acceptors (Lipinski definition) is 3. The molecule has 0 spiro atoms. The van der Waals surface area contributed by atoms with E-state index in [9.17, 15) is 13.2 Å². The van der Waals surface area contributed by atoms with Crippen LogP contribution < -0.4 is 14.8 Å². The molecule has 2 aromatic rings. The molecule has 2 aromatic carbocycles. The molecule has 0 saturated heterocycles. The van der Waals surface area contributed by atoms with Crippen molar-refractivity contribution in [3.8, 4) is 11.5 Å². The summed E-state index contributed by atoms with van der Waals surface area (Å²) in [5.74, 6) is -2.02. The third-order valence-corrected chi connectivity index (χ3v) is 3.11. The van der Waals surface area contributed by atoms with Crippen molar-refractivity contribution in [2.45, 2.75) is 6.54 Å². The molecular formula is C15H12F3NO2. The van der Waals surface area contributed by atoms with Gasteiger partial charge in [-0.1, -0.05) is 12.1 Å². The van der Waals surface area contributed by atoms with Gasteiger partial charge in [-0.05, 0) is 6.07 Å². The van der Waals surface area contributed by atoms with Crippen molar-refractivity contribution in [1.29, 1.82) is 0 Å². The summed E-state index contributed by atoms with van der Waals surface area (Å²) in [5, 5.41) is 2.67. The van der Waals surface area contributed by atoms with Crippen LogP contribution in [0.25, 0.3) is 0 Å². The standard InChI is InChI=1S/C15H12F3NO2/c16-10-6-11(17)14(18)12(7-10)19-8-9-2-1-3-13-15(9)21-5-4-20-13/h1-3,6-7,19H,4-5,8H2. The molecule has 0 unspecified atom stereocenters. The fourth-order valence-corrected chi connectivity index (χ4v) is 2.15. The van der Waals surface area contributed by atoms with E-state index in [4.69, 9.17) is 9.47 Å². The second-order valence-corrected chi connectivity index (χ2v) is 4.54. The highest BCUT2D eigenvalue weighted by Gasteiger charge is 2.16. The van der Waals surface area contributed by atoms with Gasteiger partial charge in [-0.25, -0.2) is 13.2 Å². The lowest BCUT2D eigenvalue weighted by Gasteiger charge is -2.21. The molecule has 0 saturated carbocycles. The molecule has 3 nitrogen and oxygen atoms in total. The highest BCUT2D eigenvalue weighted by molar-refractivity contribution is 5.51. The van der Waals surface area contributed by atoms with Gasteiger partial charge in [-0.2, -0.15) is 0 Å². The maximum Gasteiger partial charge on any atom is 0.182 e. The summed E-state index contributed by atoms with van der Waals surface area (Å²) in [4.78, 5) is 0. The zero-order valence-electron chi connectivity index (χ0n) is 11.0. The SMILES string of the molecule is Fc1cc(F)c(F)c(NCc2cccc3c2OCCO3)c1. The van der Waals surface area contributed by atoms with Gasteiger partial charge in [0.25, 0.3) is 0 Å². The highest BCUT2D eigenvalue weighted by atomic mass is 19.2. The van der Waals surface area contributed by atoms with E-state index >= 15 is 0 Å². The fraction of sp³-hybridized carbons (Fsp3) is 0.200. The third-order valence-electron chi connectivity index (χ3n) is 3.11. The van der Waals surface area contributed by atoms with Crippen molar-refractivity contribution in [3.63, 3.8) is 0 Å². The van der Waals surface area contributed by atoms with E-state index in [1.807, 2.05) is 0 Å². The topological polar surface area (TPSA) is 30.5 Å². The molecule has 6 heteroatoms. The Morgan fingerprint density at radius 2 is 1.86 bits per heavy atom. The molecule has 0 amide bonds. The number of anilines is 1. The predicted molar refractivity (Wildman–Crippen MR) is 71.1 cm³/mol. The van der Waals surface area contributed by atoms with Crippen molar-refractivity contribution in [3.05, 3.63) is 53.3 Å². The molecule has 1 N–H and O–H groups in total. The summed E-state index contributed by atoms with van der Waals surface area (Å²) in [6, 6.07) is 6.72. The fourth-order valence-electron chi connectivity index (χ4n) is 2.15. The van der Waals surface area contributed by atoms with Gasteiger partial charge in [0.05, 0.1) is 5.69 Å². The molecular weight excluding hydrogens is 283 g/mol. The zero-order valence-corrected chi connectivity index (χ0v) is 11.0. The molecule has 0 bridgehead atoms. The van der Waals surface area contributed by atoms with Gasteiger partial charge in [-0.3, -0.25) is 0 Å². The molecule has 0 aromatic heterocycles. The van der Waals surface area contributed by atoms with Crippen LogP contribution in [0, 0.1) is 17.5 Å². The molecule has 110 valence electrons. The zero-order chi connectivity index (χ0) is 14.8. The molecule has 3 rings (SSSR count). The van der Waals surface area contributed by atoms with Gasteiger partial charge in [0.15, 0.2) is 23.1 Å². The highest BCUT2D eigenvalue weighted by Crippen LogP contribution is 2.34. The van der Waals surface area contributed by atoms with Crippen LogP contribution in [0.4, 0.5) is 18.9 Å². The smallest absolute Gasteiger partial charge is 0.182 e. The van der Waals surface area contributed by atoms with Crippen LogP contribution in [0.2, 0.25) is 0 Å². The number of halogens is 3. The number of nitrogens with one attached hydrogen (secondary N) is 1. The van der Waals surface area contributed by atoms with Crippen molar-refractivity contribution in [2.24, 2.45) is 0 Å². The minimum Gasteiger partial charge on any atom is -0.486 e. The Morgan fingerprint density at radius 1 is 1.05 bits per heavy atom. The second kappa shape index (κ2) is 5.55. The first kappa shape index (κ1) is 13.6. The lowest BCUT2D eigenvalue weighted by Crippen LogP contribution is -2.17. The quantitative estimate of drug-likeness (QED) is 0.879. The van der Waals surface area contributed by atoms with Crippen LogP contribution in [0.3, 0.4) is 0 Å². The number of ether oxygens (including phenoxy) is 2. The summed E-state index contributed by atoms with van der Waals surface area (Å²) in [5.41, 5.74) is 0.484. The molecule has 1 aliphatic rings. The van der Waals surface area contributed by atoms with E-state index < -0.39 is 17.5 Å². The lowest BCUT2D eigenvalue weighted by molar-refractivity contribution is 0.170. The first-order valence-electron chi connectivity index (χ1n) is 6.41. The van der Waals surface area contributed by atoms with Gasteiger partial charge in [0, 0.05) is 24.2 Å². The Morgan fingerprint density at radius 3 is 2.71 bits per heavy atom. The maximum atomic E-state index is 13.6. The van der Waals surface area contributed by atoms with Crippen LogP contribution in [0.15, 0.2) is 30.3 Å². The number of rotatable bonds is 3. The number of hydrogen-bond donors (Lipinski definition) is 1. The van der Waals surface area contributed by atoms with E-state index in [-0.39, 0.29) is 12.2 Å². The van der Waals surface area contributed by atoms with Crippen LogP contribution in [0.5, 0.6) is 11.5 Å². The molecule has 21 heavy (non-hydrogen) atoms. The van der Waals surface area contributed by atoms with Gasteiger partial charge >= 0.3 is 0 Å². The van der Waals surface area contributed by atoms with Gasteiger partial charge < -0.3 is 14.8 Å². The number of para-hydroxylation sites is 1. The normalized spacial score (nSPS) is 13.1. The van der Waals surface area contributed by atoms with Gasteiger partial charge in [0.2, 0.25) is 0 Å². The molecule has 1 heterocycles. The first-order valence-corrected chi connectivity index (χ1v) is 6.41. The molecule has 0 fully saturated rings. The molecule has 1 aliphatic heterocycles. The molecule has 0 radical (unpaired) electrons. The third kappa shape index (κ3) is 2.74. The minimum atomic E-state index is -1.23. The minimum absolute atomic E-state index is 0.159. The predicted octanol–water partition coefficient (Wildman–Crippen LogP) is 3.49. The Bertz CT molecular complexity index is 676. The Balaban J connectivity index is 1.83.